The van der Waals surface area contributed by atoms with E-state index >= 15 is 0 Å². The molecule has 76 valence electrons. The van der Waals surface area contributed by atoms with Gasteiger partial charge in [-0.2, -0.15) is 0 Å². The van der Waals surface area contributed by atoms with Gasteiger partial charge in [0.25, 0.3) is 0 Å². The second kappa shape index (κ2) is 4.19. The molecule has 0 amide bonds. The number of aromatic nitrogens is 2. The summed E-state index contributed by atoms with van der Waals surface area (Å²) in [6, 6.07) is 7.58. The first kappa shape index (κ1) is 9.80. The molecule has 2 aromatic rings. The van der Waals surface area contributed by atoms with Crippen molar-refractivity contribution in [3.8, 4) is 0 Å². The van der Waals surface area contributed by atoms with E-state index in [1.165, 1.54) is 0 Å². The molecule has 0 bridgehead atoms. The molecule has 2 aromatic heterocycles. The van der Waals surface area contributed by atoms with Crippen LogP contribution >= 0.6 is 0 Å². The predicted octanol–water partition coefficient (Wildman–Crippen LogP) is 1.83. The van der Waals surface area contributed by atoms with Gasteiger partial charge in [-0.1, -0.05) is 12.1 Å². The van der Waals surface area contributed by atoms with Crippen molar-refractivity contribution in [1.82, 2.24) is 9.97 Å². The maximum absolute atomic E-state index is 6.08. The van der Waals surface area contributed by atoms with E-state index in [4.69, 9.17) is 5.73 Å². The molecule has 3 heteroatoms. The minimum Gasteiger partial charge on any atom is -0.319 e. The van der Waals surface area contributed by atoms with Crippen molar-refractivity contribution < 1.29 is 0 Å². The second-order valence-electron chi connectivity index (χ2n) is 3.53. The third-order valence-electron chi connectivity index (χ3n) is 2.26. The highest BCUT2D eigenvalue weighted by Crippen LogP contribution is 2.16. The molecule has 0 saturated carbocycles. The lowest BCUT2D eigenvalue weighted by Crippen LogP contribution is -2.13. The maximum atomic E-state index is 6.08. The van der Waals surface area contributed by atoms with Crippen LogP contribution in [0.5, 0.6) is 0 Å². The number of rotatable bonds is 2. The lowest BCUT2D eigenvalue weighted by atomic mass is 10.1. The van der Waals surface area contributed by atoms with Gasteiger partial charge in [0.2, 0.25) is 0 Å². The number of nitrogens with two attached hydrogens (primary N) is 1. The summed E-state index contributed by atoms with van der Waals surface area (Å²) in [4.78, 5) is 8.35. The van der Waals surface area contributed by atoms with E-state index in [0.717, 1.165) is 16.8 Å². The van der Waals surface area contributed by atoms with Gasteiger partial charge in [-0.15, -0.1) is 0 Å². The molecule has 0 saturated heterocycles. The second-order valence-corrected chi connectivity index (χ2v) is 3.53. The van der Waals surface area contributed by atoms with E-state index in [-0.39, 0.29) is 6.04 Å². The van der Waals surface area contributed by atoms with Gasteiger partial charge < -0.3 is 5.73 Å². The Labute approximate surface area is 89.0 Å². The molecule has 2 N–H and O–H groups in total. The fourth-order valence-corrected chi connectivity index (χ4v) is 1.48. The first-order valence-electron chi connectivity index (χ1n) is 4.85. The Hall–Kier alpha value is -1.74. The molecular formula is C12H13N3. The van der Waals surface area contributed by atoms with E-state index in [9.17, 15) is 0 Å². The minimum atomic E-state index is -0.196. The minimum absolute atomic E-state index is 0.196. The Morgan fingerprint density at radius 1 is 1.27 bits per heavy atom. The summed E-state index contributed by atoms with van der Waals surface area (Å²) in [5.41, 5.74) is 9.05. The van der Waals surface area contributed by atoms with Crippen LogP contribution in [0.1, 0.15) is 22.9 Å². The quantitative estimate of drug-likeness (QED) is 0.802. The number of pyridine rings is 2. The molecule has 3 nitrogen and oxygen atoms in total. The Kier molecular flexibility index (Phi) is 2.74. The van der Waals surface area contributed by atoms with Crippen LogP contribution in [0.15, 0.2) is 42.9 Å². The van der Waals surface area contributed by atoms with Crippen LogP contribution in [0.2, 0.25) is 0 Å². The molecule has 0 aliphatic rings. The number of nitrogens with zero attached hydrogens (tertiary/aromatic N) is 2. The van der Waals surface area contributed by atoms with Gasteiger partial charge in [0.05, 0.1) is 11.7 Å². The fourth-order valence-electron chi connectivity index (χ4n) is 1.48. The van der Waals surface area contributed by atoms with Crippen molar-refractivity contribution in [2.75, 3.05) is 0 Å². The van der Waals surface area contributed by atoms with Gasteiger partial charge in [0.15, 0.2) is 0 Å². The normalized spacial score (nSPS) is 12.4. The Morgan fingerprint density at radius 2 is 2.13 bits per heavy atom. The average Bonchev–Trinajstić information content (AvgIpc) is 2.29. The summed E-state index contributed by atoms with van der Waals surface area (Å²) < 4.78 is 0. The molecule has 2 rings (SSSR count). The monoisotopic (exact) mass is 199 g/mol. The maximum Gasteiger partial charge on any atom is 0.0741 e. The van der Waals surface area contributed by atoms with Crippen molar-refractivity contribution in [1.29, 1.82) is 0 Å². The van der Waals surface area contributed by atoms with E-state index in [2.05, 4.69) is 9.97 Å². The Morgan fingerprint density at radius 3 is 2.80 bits per heavy atom. The highest BCUT2D eigenvalue weighted by atomic mass is 14.8. The summed E-state index contributed by atoms with van der Waals surface area (Å²) in [6.07, 6.45) is 5.35. The molecule has 0 radical (unpaired) electrons. The molecule has 2 heterocycles. The van der Waals surface area contributed by atoms with Crippen LogP contribution in [-0.4, -0.2) is 9.97 Å². The predicted molar refractivity (Wildman–Crippen MR) is 59.2 cm³/mol. The van der Waals surface area contributed by atoms with Gasteiger partial charge in [0.1, 0.15) is 0 Å². The number of hydrogen-bond donors (Lipinski definition) is 1. The van der Waals surface area contributed by atoms with Gasteiger partial charge in [-0.25, -0.2) is 0 Å². The molecule has 0 spiro atoms. The Bertz CT molecular complexity index is 440. The molecule has 15 heavy (non-hydrogen) atoms. The largest absolute Gasteiger partial charge is 0.319 e. The van der Waals surface area contributed by atoms with Gasteiger partial charge in [0, 0.05) is 18.6 Å². The highest BCUT2D eigenvalue weighted by Gasteiger charge is 2.09. The van der Waals surface area contributed by atoms with Gasteiger partial charge in [-0.05, 0) is 30.2 Å². The molecule has 0 aliphatic heterocycles. The zero-order valence-corrected chi connectivity index (χ0v) is 8.59. The molecule has 0 aliphatic carbocycles. The summed E-state index contributed by atoms with van der Waals surface area (Å²) in [7, 11) is 0. The van der Waals surface area contributed by atoms with Crippen molar-refractivity contribution in [3.05, 3.63) is 59.7 Å². The van der Waals surface area contributed by atoms with Crippen molar-refractivity contribution in [3.63, 3.8) is 0 Å². The molecular weight excluding hydrogens is 186 g/mol. The van der Waals surface area contributed by atoms with E-state index in [1.54, 1.807) is 12.4 Å². The summed E-state index contributed by atoms with van der Waals surface area (Å²) >= 11 is 0. The average molecular weight is 199 g/mol. The van der Waals surface area contributed by atoms with Gasteiger partial charge in [-0.3, -0.25) is 9.97 Å². The third-order valence-corrected chi connectivity index (χ3v) is 2.26. The van der Waals surface area contributed by atoms with E-state index in [1.807, 2.05) is 37.4 Å². The third kappa shape index (κ3) is 2.19. The summed E-state index contributed by atoms with van der Waals surface area (Å²) in [5, 5.41) is 0. The SMILES string of the molecule is Cc1cncc(C(N)c2ccccn2)c1. The zero-order valence-electron chi connectivity index (χ0n) is 8.59. The van der Waals surface area contributed by atoms with E-state index < -0.39 is 0 Å². The van der Waals surface area contributed by atoms with E-state index in [0.29, 0.717) is 0 Å². The topological polar surface area (TPSA) is 51.8 Å². The lowest BCUT2D eigenvalue weighted by Gasteiger charge is -2.11. The molecule has 1 unspecified atom stereocenters. The highest BCUT2D eigenvalue weighted by molar-refractivity contribution is 5.27. The fraction of sp³-hybridized carbons (Fsp3) is 0.167. The summed E-state index contributed by atoms with van der Waals surface area (Å²) in [5.74, 6) is 0. The van der Waals surface area contributed by atoms with Crippen LogP contribution in [0.4, 0.5) is 0 Å². The number of hydrogen-bond acceptors (Lipinski definition) is 3. The van der Waals surface area contributed by atoms with Crippen molar-refractivity contribution in [2.45, 2.75) is 13.0 Å². The van der Waals surface area contributed by atoms with Crippen molar-refractivity contribution >= 4 is 0 Å². The van der Waals surface area contributed by atoms with Crippen LogP contribution in [0.3, 0.4) is 0 Å². The first-order chi connectivity index (χ1) is 7.27. The van der Waals surface area contributed by atoms with Crippen LogP contribution in [0.25, 0.3) is 0 Å². The lowest BCUT2D eigenvalue weighted by molar-refractivity contribution is 0.821. The molecule has 0 aromatic carbocycles. The summed E-state index contributed by atoms with van der Waals surface area (Å²) in [6.45, 7) is 2.00. The van der Waals surface area contributed by atoms with Crippen LogP contribution < -0.4 is 5.73 Å². The number of aryl methyl sites for hydroxylation is 1. The molecule has 0 fully saturated rings. The first-order valence-corrected chi connectivity index (χ1v) is 4.85. The van der Waals surface area contributed by atoms with Gasteiger partial charge >= 0.3 is 0 Å². The smallest absolute Gasteiger partial charge is 0.0741 e. The van der Waals surface area contributed by atoms with Crippen LogP contribution in [0, 0.1) is 6.92 Å². The van der Waals surface area contributed by atoms with Crippen molar-refractivity contribution in [2.24, 2.45) is 5.73 Å². The molecule has 1 atom stereocenters. The zero-order chi connectivity index (χ0) is 10.7. The Balaban J connectivity index is 2.32. The standard InChI is InChI=1S/C12H13N3/c1-9-6-10(8-14-7-9)12(13)11-4-2-3-5-15-11/h2-8,12H,13H2,1H3. The van der Waals surface area contributed by atoms with Crippen LogP contribution in [-0.2, 0) is 0 Å².